The van der Waals surface area contributed by atoms with E-state index >= 15 is 0 Å². The molecule has 0 saturated carbocycles. The molecular formula is C15H20N4. The SMILES string of the molecule is Cc1nnc(N2CC(C)NCC2C)c2ccccc12. The molecule has 1 aromatic carbocycles. The summed E-state index contributed by atoms with van der Waals surface area (Å²) in [4.78, 5) is 2.37. The maximum Gasteiger partial charge on any atom is 0.159 e. The first-order valence-corrected chi connectivity index (χ1v) is 6.89. The molecule has 1 saturated heterocycles. The minimum atomic E-state index is 0.441. The van der Waals surface area contributed by atoms with Crippen molar-refractivity contribution in [2.45, 2.75) is 32.9 Å². The van der Waals surface area contributed by atoms with Gasteiger partial charge in [0.05, 0.1) is 5.69 Å². The van der Waals surface area contributed by atoms with E-state index in [0.29, 0.717) is 12.1 Å². The van der Waals surface area contributed by atoms with Gasteiger partial charge in [-0.3, -0.25) is 0 Å². The van der Waals surface area contributed by atoms with Gasteiger partial charge in [-0.2, -0.15) is 5.10 Å². The second-order valence-electron chi connectivity index (χ2n) is 5.47. The van der Waals surface area contributed by atoms with E-state index in [-0.39, 0.29) is 0 Å². The van der Waals surface area contributed by atoms with Crippen molar-refractivity contribution in [1.82, 2.24) is 15.5 Å². The summed E-state index contributed by atoms with van der Waals surface area (Å²) in [7, 11) is 0. The number of rotatable bonds is 1. The summed E-state index contributed by atoms with van der Waals surface area (Å²) >= 11 is 0. The Bertz CT molecular complexity index is 596. The molecule has 3 rings (SSSR count). The summed E-state index contributed by atoms with van der Waals surface area (Å²) in [5.74, 6) is 1.02. The molecule has 19 heavy (non-hydrogen) atoms. The van der Waals surface area contributed by atoms with Crippen molar-refractivity contribution in [2.24, 2.45) is 0 Å². The summed E-state index contributed by atoms with van der Waals surface area (Å²) in [6.45, 7) is 8.43. The van der Waals surface area contributed by atoms with Crippen LogP contribution in [0.15, 0.2) is 24.3 Å². The van der Waals surface area contributed by atoms with Gasteiger partial charge in [-0.15, -0.1) is 5.10 Å². The molecule has 1 aromatic heterocycles. The number of aromatic nitrogens is 2. The average Bonchev–Trinajstić information content (AvgIpc) is 2.43. The van der Waals surface area contributed by atoms with E-state index in [1.165, 1.54) is 10.8 Å². The van der Waals surface area contributed by atoms with E-state index in [0.717, 1.165) is 24.6 Å². The third kappa shape index (κ3) is 2.16. The summed E-state index contributed by atoms with van der Waals surface area (Å²) in [6, 6.07) is 9.33. The molecule has 4 nitrogen and oxygen atoms in total. The fraction of sp³-hybridized carbons (Fsp3) is 0.467. The van der Waals surface area contributed by atoms with Gasteiger partial charge in [-0.25, -0.2) is 0 Å². The van der Waals surface area contributed by atoms with Crippen LogP contribution in [0.3, 0.4) is 0 Å². The van der Waals surface area contributed by atoms with E-state index in [4.69, 9.17) is 0 Å². The zero-order valence-corrected chi connectivity index (χ0v) is 11.7. The fourth-order valence-electron chi connectivity index (χ4n) is 2.75. The van der Waals surface area contributed by atoms with Gasteiger partial charge in [-0.05, 0) is 20.8 Å². The molecule has 0 bridgehead atoms. The molecule has 0 radical (unpaired) electrons. The summed E-state index contributed by atoms with van der Waals surface area (Å²) < 4.78 is 0. The molecule has 0 spiro atoms. The monoisotopic (exact) mass is 256 g/mol. The first kappa shape index (κ1) is 12.4. The van der Waals surface area contributed by atoms with Gasteiger partial charge >= 0.3 is 0 Å². The molecule has 1 aliphatic heterocycles. The number of hydrogen-bond donors (Lipinski definition) is 1. The Morgan fingerprint density at radius 3 is 2.68 bits per heavy atom. The third-order valence-electron chi connectivity index (χ3n) is 3.89. The maximum atomic E-state index is 4.46. The van der Waals surface area contributed by atoms with E-state index in [1.54, 1.807) is 0 Å². The summed E-state index contributed by atoms with van der Waals surface area (Å²) in [5, 5.41) is 14.7. The summed E-state index contributed by atoms with van der Waals surface area (Å²) in [5.41, 5.74) is 0.996. The number of nitrogens with one attached hydrogen (secondary N) is 1. The molecule has 2 unspecified atom stereocenters. The molecule has 1 fully saturated rings. The highest BCUT2D eigenvalue weighted by molar-refractivity contribution is 5.93. The highest BCUT2D eigenvalue weighted by Crippen LogP contribution is 2.27. The van der Waals surface area contributed by atoms with Gasteiger partial charge in [0.25, 0.3) is 0 Å². The molecule has 2 atom stereocenters. The number of hydrogen-bond acceptors (Lipinski definition) is 4. The number of benzene rings is 1. The predicted octanol–water partition coefficient (Wildman–Crippen LogP) is 2.12. The first-order valence-electron chi connectivity index (χ1n) is 6.89. The van der Waals surface area contributed by atoms with Gasteiger partial charge in [0.15, 0.2) is 5.82 Å². The lowest BCUT2D eigenvalue weighted by Gasteiger charge is -2.38. The number of piperazine rings is 1. The summed E-state index contributed by atoms with van der Waals surface area (Å²) in [6.07, 6.45) is 0. The van der Waals surface area contributed by atoms with Gasteiger partial charge < -0.3 is 10.2 Å². The third-order valence-corrected chi connectivity index (χ3v) is 3.89. The maximum absolute atomic E-state index is 4.46. The standard InChI is InChI=1S/C15H20N4/c1-10-9-19(11(2)8-16-10)15-14-7-5-4-6-13(14)12(3)17-18-15/h4-7,10-11,16H,8-9H2,1-3H3. The Labute approximate surface area is 113 Å². The van der Waals surface area contributed by atoms with Crippen molar-refractivity contribution >= 4 is 16.6 Å². The molecule has 1 aliphatic rings. The molecule has 4 heteroatoms. The Hall–Kier alpha value is -1.68. The zero-order chi connectivity index (χ0) is 13.4. The van der Waals surface area contributed by atoms with Crippen molar-refractivity contribution in [1.29, 1.82) is 0 Å². The van der Waals surface area contributed by atoms with Gasteiger partial charge in [0.1, 0.15) is 0 Å². The zero-order valence-electron chi connectivity index (χ0n) is 11.7. The molecule has 2 aromatic rings. The van der Waals surface area contributed by atoms with Crippen molar-refractivity contribution in [2.75, 3.05) is 18.0 Å². The van der Waals surface area contributed by atoms with Gasteiger partial charge in [0.2, 0.25) is 0 Å². The van der Waals surface area contributed by atoms with E-state index in [1.807, 2.05) is 6.92 Å². The molecule has 2 heterocycles. The molecular weight excluding hydrogens is 236 g/mol. The van der Waals surface area contributed by atoms with E-state index in [2.05, 4.69) is 58.5 Å². The minimum absolute atomic E-state index is 0.441. The van der Waals surface area contributed by atoms with E-state index < -0.39 is 0 Å². The van der Waals surface area contributed by atoms with Crippen molar-refractivity contribution in [3.8, 4) is 0 Å². The quantitative estimate of drug-likeness (QED) is 0.848. The molecule has 100 valence electrons. The lowest BCUT2D eigenvalue weighted by atomic mass is 10.1. The Kier molecular flexibility index (Phi) is 3.11. The topological polar surface area (TPSA) is 41.1 Å². The second kappa shape index (κ2) is 4.78. The molecule has 1 N–H and O–H groups in total. The van der Waals surface area contributed by atoms with Crippen molar-refractivity contribution in [3.05, 3.63) is 30.0 Å². The number of fused-ring (bicyclic) bond motifs is 1. The predicted molar refractivity (Wildman–Crippen MR) is 78.5 cm³/mol. The molecule has 0 aliphatic carbocycles. The van der Waals surface area contributed by atoms with Gasteiger partial charge in [0, 0.05) is 35.9 Å². The minimum Gasteiger partial charge on any atom is -0.349 e. The molecule has 0 amide bonds. The smallest absolute Gasteiger partial charge is 0.159 e. The van der Waals surface area contributed by atoms with Gasteiger partial charge in [-0.1, -0.05) is 24.3 Å². The van der Waals surface area contributed by atoms with Crippen LogP contribution in [0.1, 0.15) is 19.5 Å². The van der Waals surface area contributed by atoms with Crippen LogP contribution in [-0.2, 0) is 0 Å². The fourth-order valence-corrected chi connectivity index (χ4v) is 2.75. The Morgan fingerprint density at radius 2 is 1.89 bits per heavy atom. The van der Waals surface area contributed by atoms with Crippen LogP contribution in [0.25, 0.3) is 10.8 Å². The normalized spacial score (nSPS) is 23.8. The number of anilines is 1. The lowest BCUT2D eigenvalue weighted by molar-refractivity contribution is 0.422. The first-order chi connectivity index (χ1) is 9.16. The largest absolute Gasteiger partial charge is 0.349 e. The Morgan fingerprint density at radius 1 is 1.16 bits per heavy atom. The van der Waals surface area contributed by atoms with E-state index in [9.17, 15) is 0 Å². The van der Waals surface area contributed by atoms with Crippen LogP contribution >= 0.6 is 0 Å². The van der Waals surface area contributed by atoms with Crippen LogP contribution in [-0.4, -0.2) is 35.4 Å². The average molecular weight is 256 g/mol. The van der Waals surface area contributed by atoms with Crippen LogP contribution in [0, 0.1) is 6.92 Å². The lowest BCUT2D eigenvalue weighted by Crippen LogP contribution is -2.54. The highest BCUT2D eigenvalue weighted by atomic mass is 15.3. The van der Waals surface area contributed by atoms with Crippen LogP contribution in [0.4, 0.5) is 5.82 Å². The Balaban J connectivity index is 2.12. The number of aryl methyl sites for hydroxylation is 1. The number of nitrogens with zero attached hydrogens (tertiary/aromatic N) is 3. The highest BCUT2D eigenvalue weighted by Gasteiger charge is 2.25. The van der Waals surface area contributed by atoms with Crippen molar-refractivity contribution < 1.29 is 0 Å². The second-order valence-corrected chi connectivity index (χ2v) is 5.47. The van der Waals surface area contributed by atoms with Crippen LogP contribution in [0.5, 0.6) is 0 Å². The van der Waals surface area contributed by atoms with Crippen LogP contribution < -0.4 is 10.2 Å². The van der Waals surface area contributed by atoms with Crippen molar-refractivity contribution in [3.63, 3.8) is 0 Å². The van der Waals surface area contributed by atoms with Crippen LogP contribution in [0.2, 0.25) is 0 Å².